The van der Waals surface area contributed by atoms with Crippen molar-refractivity contribution in [2.45, 2.75) is 33.6 Å². The van der Waals surface area contributed by atoms with E-state index in [1.807, 2.05) is 44.0 Å². The molecule has 3 rings (SSSR count). The number of hydrogen-bond acceptors (Lipinski definition) is 4. The molecule has 0 spiro atoms. The molecule has 2 heterocycles. The maximum absolute atomic E-state index is 12.7. The number of nitrogens with one attached hydrogen (secondary N) is 1. The normalized spacial score (nSPS) is 16.4. The van der Waals surface area contributed by atoms with Gasteiger partial charge in [-0.1, -0.05) is 19.1 Å². The number of hydrogen-bond donors (Lipinski definition) is 1. The third kappa shape index (κ3) is 5.13. The maximum atomic E-state index is 12.7. The lowest BCUT2D eigenvalue weighted by Crippen LogP contribution is -2.39. The van der Waals surface area contributed by atoms with Crippen molar-refractivity contribution in [3.05, 3.63) is 53.2 Å². The van der Waals surface area contributed by atoms with Crippen LogP contribution in [0.4, 0.5) is 11.5 Å². The van der Waals surface area contributed by atoms with E-state index in [1.165, 1.54) is 6.42 Å². The fourth-order valence-corrected chi connectivity index (χ4v) is 3.67. The summed E-state index contributed by atoms with van der Waals surface area (Å²) in [7, 11) is 1.82. The van der Waals surface area contributed by atoms with Gasteiger partial charge in [0.1, 0.15) is 5.82 Å². The van der Waals surface area contributed by atoms with Gasteiger partial charge in [-0.25, -0.2) is 4.98 Å². The van der Waals surface area contributed by atoms with Crippen molar-refractivity contribution in [1.29, 1.82) is 0 Å². The first-order valence-corrected chi connectivity index (χ1v) is 10.2. The SMILES string of the molecule is Cc1cccc(NC(=O)CN(C)c2ccc(C(=O)N3CCC[C@@H](C)C3)cn2)c1C. The van der Waals surface area contributed by atoms with Crippen LogP contribution in [0.3, 0.4) is 0 Å². The van der Waals surface area contributed by atoms with Crippen LogP contribution in [0.25, 0.3) is 0 Å². The van der Waals surface area contributed by atoms with Crippen molar-refractivity contribution in [2.24, 2.45) is 5.92 Å². The van der Waals surface area contributed by atoms with Crippen molar-refractivity contribution in [3.63, 3.8) is 0 Å². The Balaban J connectivity index is 1.59. The van der Waals surface area contributed by atoms with Gasteiger partial charge in [-0.2, -0.15) is 0 Å². The highest BCUT2D eigenvalue weighted by molar-refractivity contribution is 5.95. The monoisotopic (exact) mass is 394 g/mol. The van der Waals surface area contributed by atoms with Crippen molar-refractivity contribution in [2.75, 3.05) is 36.9 Å². The summed E-state index contributed by atoms with van der Waals surface area (Å²) in [5.41, 5.74) is 3.63. The number of amides is 2. The van der Waals surface area contributed by atoms with Crippen LogP contribution in [0.2, 0.25) is 0 Å². The second-order valence-electron chi connectivity index (χ2n) is 8.06. The number of aromatic nitrogens is 1. The summed E-state index contributed by atoms with van der Waals surface area (Å²) in [6, 6.07) is 9.45. The van der Waals surface area contributed by atoms with E-state index in [2.05, 4.69) is 17.2 Å². The Hall–Kier alpha value is -2.89. The molecule has 1 aromatic heterocycles. The Morgan fingerprint density at radius 1 is 1.24 bits per heavy atom. The predicted molar refractivity (Wildman–Crippen MR) is 116 cm³/mol. The second kappa shape index (κ2) is 9.07. The van der Waals surface area contributed by atoms with Crippen LogP contribution in [-0.2, 0) is 4.79 Å². The fourth-order valence-electron chi connectivity index (χ4n) is 3.67. The highest BCUT2D eigenvalue weighted by Gasteiger charge is 2.22. The highest BCUT2D eigenvalue weighted by Crippen LogP contribution is 2.20. The molecular weight excluding hydrogens is 364 g/mol. The number of pyridine rings is 1. The first-order valence-electron chi connectivity index (χ1n) is 10.2. The van der Waals surface area contributed by atoms with Gasteiger partial charge in [-0.3, -0.25) is 9.59 Å². The molecule has 29 heavy (non-hydrogen) atoms. The van der Waals surface area contributed by atoms with Gasteiger partial charge < -0.3 is 15.1 Å². The van der Waals surface area contributed by atoms with Gasteiger partial charge in [0.05, 0.1) is 12.1 Å². The van der Waals surface area contributed by atoms with E-state index < -0.39 is 0 Å². The maximum Gasteiger partial charge on any atom is 0.255 e. The van der Waals surface area contributed by atoms with E-state index in [1.54, 1.807) is 23.2 Å². The molecule has 6 nitrogen and oxygen atoms in total. The lowest BCUT2D eigenvalue weighted by Gasteiger charge is -2.31. The molecule has 0 radical (unpaired) electrons. The first kappa shape index (κ1) is 20.8. The molecule has 1 saturated heterocycles. The number of carbonyl (C=O) groups is 2. The summed E-state index contributed by atoms with van der Waals surface area (Å²) in [5, 5.41) is 2.96. The molecule has 1 N–H and O–H groups in total. The molecule has 2 aromatic rings. The summed E-state index contributed by atoms with van der Waals surface area (Å²) >= 11 is 0. The Bertz CT molecular complexity index is 879. The fraction of sp³-hybridized carbons (Fsp3) is 0.435. The third-order valence-corrected chi connectivity index (χ3v) is 5.59. The van der Waals surface area contributed by atoms with Gasteiger partial charge in [-0.05, 0) is 61.9 Å². The second-order valence-corrected chi connectivity index (χ2v) is 8.06. The molecule has 1 aliphatic rings. The first-order chi connectivity index (χ1) is 13.8. The minimum Gasteiger partial charge on any atom is -0.350 e. The zero-order chi connectivity index (χ0) is 21.0. The van der Waals surface area contributed by atoms with Crippen LogP contribution in [0.1, 0.15) is 41.3 Å². The molecule has 0 aliphatic carbocycles. The van der Waals surface area contributed by atoms with Crippen LogP contribution >= 0.6 is 0 Å². The van der Waals surface area contributed by atoms with E-state index in [4.69, 9.17) is 0 Å². The Labute approximate surface area is 172 Å². The van der Waals surface area contributed by atoms with Crippen molar-refractivity contribution >= 4 is 23.3 Å². The number of likely N-dealkylation sites (tertiary alicyclic amines) is 1. The minimum atomic E-state index is -0.106. The zero-order valence-corrected chi connectivity index (χ0v) is 17.7. The molecule has 0 unspecified atom stereocenters. The predicted octanol–water partition coefficient (Wildman–Crippen LogP) is 3.65. The average Bonchev–Trinajstić information content (AvgIpc) is 2.71. The number of likely N-dealkylation sites (N-methyl/N-ethyl adjacent to an activating group) is 1. The smallest absolute Gasteiger partial charge is 0.255 e. The zero-order valence-electron chi connectivity index (χ0n) is 17.7. The number of aryl methyl sites for hydroxylation is 1. The van der Waals surface area contributed by atoms with Crippen LogP contribution in [-0.4, -0.2) is 48.4 Å². The van der Waals surface area contributed by atoms with Gasteiger partial charge in [0.15, 0.2) is 0 Å². The number of benzene rings is 1. The molecule has 1 aromatic carbocycles. The topological polar surface area (TPSA) is 65.5 Å². The Kier molecular flexibility index (Phi) is 6.52. The summed E-state index contributed by atoms with van der Waals surface area (Å²) in [4.78, 5) is 33.2. The molecular formula is C23H30N4O2. The van der Waals surface area contributed by atoms with Gasteiger partial charge >= 0.3 is 0 Å². The van der Waals surface area contributed by atoms with Crippen LogP contribution in [0, 0.1) is 19.8 Å². The lowest BCUT2D eigenvalue weighted by atomic mass is 10.00. The number of carbonyl (C=O) groups excluding carboxylic acids is 2. The van der Waals surface area contributed by atoms with Gasteiger partial charge in [0, 0.05) is 32.0 Å². The average molecular weight is 395 g/mol. The largest absolute Gasteiger partial charge is 0.350 e. The van der Waals surface area contributed by atoms with Crippen molar-refractivity contribution < 1.29 is 9.59 Å². The number of piperidine rings is 1. The quantitative estimate of drug-likeness (QED) is 0.841. The van der Waals surface area contributed by atoms with Crippen molar-refractivity contribution in [3.8, 4) is 0 Å². The number of anilines is 2. The Morgan fingerprint density at radius 2 is 2.03 bits per heavy atom. The molecule has 6 heteroatoms. The van der Waals surface area contributed by atoms with E-state index in [0.29, 0.717) is 17.3 Å². The third-order valence-electron chi connectivity index (χ3n) is 5.59. The summed E-state index contributed by atoms with van der Waals surface area (Å²) in [6.07, 6.45) is 3.84. The van der Waals surface area contributed by atoms with E-state index in [9.17, 15) is 9.59 Å². The number of nitrogens with zero attached hydrogens (tertiary/aromatic N) is 3. The van der Waals surface area contributed by atoms with Gasteiger partial charge in [0.2, 0.25) is 5.91 Å². The summed E-state index contributed by atoms with van der Waals surface area (Å²) in [6.45, 7) is 7.99. The molecule has 0 bridgehead atoms. The van der Waals surface area contributed by atoms with Crippen LogP contribution in [0.15, 0.2) is 36.5 Å². The van der Waals surface area contributed by atoms with Gasteiger partial charge in [0.25, 0.3) is 5.91 Å². The Morgan fingerprint density at radius 3 is 2.72 bits per heavy atom. The van der Waals surface area contributed by atoms with E-state index >= 15 is 0 Å². The van der Waals surface area contributed by atoms with Gasteiger partial charge in [-0.15, -0.1) is 0 Å². The summed E-state index contributed by atoms with van der Waals surface area (Å²) in [5.74, 6) is 1.13. The van der Waals surface area contributed by atoms with E-state index in [0.717, 1.165) is 36.3 Å². The molecule has 1 aliphatic heterocycles. The molecule has 0 saturated carbocycles. The minimum absolute atomic E-state index is 0.0333. The summed E-state index contributed by atoms with van der Waals surface area (Å²) < 4.78 is 0. The molecule has 1 atom stereocenters. The van der Waals surface area contributed by atoms with Crippen molar-refractivity contribution in [1.82, 2.24) is 9.88 Å². The molecule has 2 amide bonds. The van der Waals surface area contributed by atoms with Crippen LogP contribution in [0.5, 0.6) is 0 Å². The standard InChI is InChI=1S/C23H30N4O2/c1-16-7-6-12-27(14-16)23(29)19-10-11-21(24-13-19)26(4)15-22(28)25-20-9-5-8-17(2)18(20)3/h5,8-11,13,16H,6-7,12,14-15H2,1-4H3,(H,25,28)/t16-/m1/s1. The number of rotatable bonds is 5. The highest BCUT2D eigenvalue weighted by atomic mass is 16.2. The molecule has 154 valence electrons. The van der Waals surface area contributed by atoms with E-state index in [-0.39, 0.29) is 18.4 Å². The lowest BCUT2D eigenvalue weighted by molar-refractivity contribution is -0.114. The van der Waals surface area contributed by atoms with Crippen LogP contribution < -0.4 is 10.2 Å². The molecule has 1 fully saturated rings.